The number of rotatable bonds is 5. The average Bonchev–Trinajstić information content (AvgIpc) is 2.22. The van der Waals surface area contributed by atoms with Gasteiger partial charge in [-0.15, -0.1) is 11.8 Å². The summed E-state index contributed by atoms with van der Waals surface area (Å²) in [4.78, 5) is 10.6. The van der Waals surface area contributed by atoms with E-state index >= 15 is 0 Å². The summed E-state index contributed by atoms with van der Waals surface area (Å²) in [6.07, 6.45) is 0.204. The fourth-order valence-corrected chi connectivity index (χ4v) is 2.00. The molecule has 3 nitrogen and oxygen atoms in total. The molecular formula is C10H11F2NO2S. The number of nitrogens with two attached hydrogens (primary N) is 1. The van der Waals surface area contributed by atoms with E-state index in [1.54, 1.807) is 0 Å². The number of hydrogen-bond donors (Lipinski definition) is 2. The van der Waals surface area contributed by atoms with E-state index in [1.165, 1.54) is 0 Å². The first-order valence-corrected chi connectivity index (χ1v) is 5.55. The van der Waals surface area contributed by atoms with Crippen molar-refractivity contribution >= 4 is 17.7 Å². The molecule has 88 valence electrons. The summed E-state index contributed by atoms with van der Waals surface area (Å²) in [5.74, 6) is -1.81. The highest BCUT2D eigenvalue weighted by molar-refractivity contribution is 7.99. The summed E-state index contributed by atoms with van der Waals surface area (Å²) >= 11 is 1.05. The maximum absolute atomic E-state index is 13.1. The number of benzene rings is 1. The monoisotopic (exact) mass is 247 g/mol. The number of halogens is 2. The lowest BCUT2D eigenvalue weighted by Gasteiger charge is -2.06. The van der Waals surface area contributed by atoms with Gasteiger partial charge in [0.25, 0.3) is 0 Å². The van der Waals surface area contributed by atoms with E-state index in [4.69, 9.17) is 10.8 Å². The second-order valence-corrected chi connectivity index (χ2v) is 4.29. The van der Waals surface area contributed by atoms with Gasteiger partial charge in [0, 0.05) is 10.6 Å². The molecule has 1 atom stereocenters. The van der Waals surface area contributed by atoms with Crippen LogP contribution in [0, 0.1) is 11.6 Å². The van der Waals surface area contributed by atoms with E-state index in [2.05, 4.69) is 0 Å². The van der Waals surface area contributed by atoms with E-state index in [0.717, 1.165) is 30.0 Å². The third-order valence-electron chi connectivity index (χ3n) is 1.90. The molecule has 1 aromatic rings. The Morgan fingerprint density at radius 3 is 2.81 bits per heavy atom. The Morgan fingerprint density at radius 1 is 1.50 bits per heavy atom. The zero-order chi connectivity index (χ0) is 12.1. The molecule has 0 aliphatic rings. The molecule has 0 saturated carbocycles. The quantitative estimate of drug-likeness (QED) is 0.779. The summed E-state index contributed by atoms with van der Waals surface area (Å²) in [5.41, 5.74) is 5.27. The van der Waals surface area contributed by atoms with Gasteiger partial charge < -0.3 is 10.8 Å². The highest BCUT2D eigenvalue weighted by Crippen LogP contribution is 2.23. The Hall–Kier alpha value is -1.14. The van der Waals surface area contributed by atoms with Crippen LogP contribution in [-0.4, -0.2) is 22.9 Å². The van der Waals surface area contributed by atoms with Gasteiger partial charge in [-0.2, -0.15) is 0 Å². The van der Waals surface area contributed by atoms with Crippen molar-refractivity contribution in [2.45, 2.75) is 17.4 Å². The van der Waals surface area contributed by atoms with Crippen LogP contribution in [-0.2, 0) is 4.79 Å². The standard InChI is InChI=1S/C10H11F2NO2S/c11-6-1-2-7(12)9(5-6)16-4-3-8(13)10(14)15/h1-2,5,8H,3-4,13H2,(H,14,15). The van der Waals surface area contributed by atoms with Crippen LogP contribution in [0.2, 0.25) is 0 Å². The topological polar surface area (TPSA) is 63.3 Å². The molecule has 3 N–H and O–H groups in total. The first-order chi connectivity index (χ1) is 7.50. The van der Waals surface area contributed by atoms with Crippen LogP contribution in [0.1, 0.15) is 6.42 Å². The Morgan fingerprint density at radius 2 is 2.19 bits per heavy atom. The minimum Gasteiger partial charge on any atom is -0.480 e. The summed E-state index contributed by atoms with van der Waals surface area (Å²) < 4.78 is 25.9. The minimum atomic E-state index is -1.10. The number of carboxylic acid groups (broad SMARTS) is 1. The van der Waals surface area contributed by atoms with Gasteiger partial charge in [-0.3, -0.25) is 4.79 Å². The van der Waals surface area contributed by atoms with Crippen molar-refractivity contribution in [2.24, 2.45) is 5.73 Å². The van der Waals surface area contributed by atoms with Gasteiger partial charge in [-0.05, 0) is 24.6 Å². The maximum atomic E-state index is 13.1. The third kappa shape index (κ3) is 3.79. The molecule has 0 aromatic heterocycles. The van der Waals surface area contributed by atoms with Crippen molar-refractivity contribution in [3.63, 3.8) is 0 Å². The van der Waals surface area contributed by atoms with Crippen LogP contribution < -0.4 is 5.73 Å². The maximum Gasteiger partial charge on any atom is 0.320 e. The van der Waals surface area contributed by atoms with Crippen molar-refractivity contribution in [1.82, 2.24) is 0 Å². The smallest absolute Gasteiger partial charge is 0.320 e. The first-order valence-electron chi connectivity index (χ1n) is 4.57. The zero-order valence-electron chi connectivity index (χ0n) is 8.32. The number of aliphatic carboxylic acids is 1. The zero-order valence-corrected chi connectivity index (χ0v) is 9.14. The molecule has 0 spiro atoms. The second kappa shape index (κ2) is 5.81. The van der Waals surface area contributed by atoms with Crippen LogP contribution in [0.15, 0.2) is 23.1 Å². The molecule has 0 saturated heterocycles. The number of carbonyl (C=O) groups is 1. The average molecular weight is 247 g/mol. The summed E-state index contributed by atoms with van der Waals surface area (Å²) in [7, 11) is 0. The van der Waals surface area contributed by atoms with Gasteiger partial charge >= 0.3 is 5.97 Å². The van der Waals surface area contributed by atoms with Gasteiger partial charge in [0.1, 0.15) is 17.7 Å². The van der Waals surface area contributed by atoms with E-state index in [-0.39, 0.29) is 11.3 Å². The van der Waals surface area contributed by atoms with Crippen LogP contribution in [0.25, 0.3) is 0 Å². The van der Waals surface area contributed by atoms with Crippen LogP contribution in [0.3, 0.4) is 0 Å². The molecule has 0 amide bonds. The minimum absolute atomic E-state index is 0.164. The highest BCUT2D eigenvalue weighted by Gasteiger charge is 2.11. The normalized spacial score (nSPS) is 12.4. The molecule has 0 fully saturated rings. The van der Waals surface area contributed by atoms with Crippen molar-refractivity contribution in [2.75, 3.05) is 5.75 Å². The lowest BCUT2D eigenvalue weighted by molar-refractivity contribution is -0.138. The first kappa shape index (κ1) is 12.9. The lowest BCUT2D eigenvalue weighted by Crippen LogP contribution is -2.30. The SMILES string of the molecule is NC(CCSc1cc(F)ccc1F)C(=O)O. The molecule has 0 bridgehead atoms. The molecule has 0 aliphatic carbocycles. The van der Waals surface area contributed by atoms with Gasteiger partial charge in [-0.1, -0.05) is 0 Å². The Bertz CT molecular complexity index is 387. The number of carboxylic acids is 1. The summed E-state index contributed by atoms with van der Waals surface area (Å²) in [6, 6.07) is 2.17. The van der Waals surface area contributed by atoms with Crippen molar-refractivity contribution < 1.29 is 18.7 Å². The van der Waals surface area contributed by atoms with Gasteiger partial charge in [-0.25, -0.2) is 8.78 Å². The largest absolute Gasteiger partial charge is 0.480 e. The molecule has 0 aliphatic heterocycles. The van der Waals surface area contributed by atoms with Crippen molar-refractivity contribution in [3.05, 3.63) is 29.8 Å². The van der Waals surface area contributed by atoms with Gasteiger partial charge in [0.15, 0.2) is 0 Å². The van der Waals surface area contributed by atoms with Gasteiger partial charge in [0.2, 0.25) is 0 Å². The third-order valence-corrected chi connectivity index (χ3v) is 2.96. The molecule has 1 unspecified atom stereocenters. The number of hydrogen-bond acceptors (Lipinski definition) is 3. The van der Waals surface area contributed by atoms with E-state index < -0.39 is 23.6 Å². The predicted octanol–water partition coefficient (Wildman–Crippen LogP) is 1.86. The molecule has 16 heavy (non-hydrogen) atoms. The lowest BCUT2D eigenvalue weighted by atomic mass is 10.2. The van der Waals surface area contributed by atoms with Crippen molar-refractivity contribution in [3.8, 4) is 0 Å². The Kier molecular flexibility index (Phi) is 4.70. The van der Waals surface area contributed by atoms with Gasteiger partial charge in [0.05, 0.1) is 0 Å². The van der Waals surface area contributed by atoms with E-state index in [1.807, 2.05) is 0 Å². The second-order valence-electron chi connectivity index (χ2n) is 3.16. The van der Waals surface area contributed by atoms with Crippen LogP contribution in [0.4, 0.5) is 8.78 Å². The fraction of sp³-hybridized carbons (Fsp3) is 0.300. The fourth-order valence-electron chi connectivity index (χ4n) is 1.01. The molecule has 0 heterocycles. The summed E-state index contributed by atoms with van der Waals surface area (Å²) in [6.45, 7) is 0. The van der Waals surface area contributed by atoms with E-state index in [0.29, 0.717) is 5.75 Å². The van der Waals surface area contributed by atoms with Crippen LogP contribution in [0.5, 0.6) is 0 Å². The predicted molar refractivity (Wildman–Crippen MR) is 57.3 cm³/mol. The molecule has 1 aromatic carbocycles. The molecular weight excluding hydrogens is 236 g/mol. The molecule has 6 heteroatoms. The highest BCUT2D eigenvalue weighted by atomic mass is 32.2. The van der Waals surface area contributed by atoms with Crippen LogP contribution >= 0.6 is 11.8 Å². The van der Waals surface area contributed by atoms with Crippen molar-refractivity contribution in [1.29, 1.82) is 0 Å². The number of thioether (sulfide) groups is 1. The summed E-state index contributed by atoms with van der Waals surface area (Å²) in [5, 5.41) is 8.51. The Balaban J connectivity index is 2.48. The molecule has 0 radical (unpaired) electrons. The molecule has 1 rings (SSSR count). The Labute approximate surface area is 95.6 Å². The van der Waals surface area contributed by atoms with E-state index in [9.17, 15) is 13.6 Å².